The van der Waals surface area contributed by atoms with Gasteiger partial charge in [-0.15, -0.1) is 10.2 Å². The number of furan rings is 1. The first-order valence-corrected chi connectivity index (χ1v) is 11.1. The van der Waals surface area contributed by atoms with E-state index in [9.17, 15) is 14.9 Å². The number of benzene rings is 2. The SMILES string of the molecule is CCn1c(SCC(=O)Nc2cc([N+](=O)[O-])ccc2Cl)nnc1-c1cc2cc(Cl)ccc2o1. The first kappa shape index (κ1) is 22.1. The summed E-state index contributed by atoms with van der Waals surface area (Å²) in [7, 11) is 0. The molecule has 4 rings (SSSR count). The third-order valence-corrected chi connectivity index (χ3v) is 6.03. The van der Waals surface area contributed by atoms with Gasteiger partial charge in [-0.1, -0.05) is 35.0 Å². The van der Waals surface area contributed by atoms with Crippen molar-refractivity contribution < 1.29 is 14.1 Å². The number of hydrogen-bond donors (Lipinski definition) is 1. The van der Waals surface area contributed by atoms with Crippen LogP contribution in [0.2, 0.25) is 10.0 Å². The molecule has 12 heteroatoms. The third kappa shape index (κ3) is 4.57. The Morgan fingerprint density at radius 2 is 2.03 bits per heavy atom. The molecule has 0 bridgehead atoms. The highest BCUT2D eigenvalue weighted by Crippen LogP contribution is 2.31. The molecular weight excluding hydrogens is 477 g/mol. The second kappa shape index (κ2) is 9.19. The molecule has 0 spiro atoms. The summed E-state index contributed by atoms with van der Waals surface area (Å²) in [6.45, 7) is 2.49. The number of thioether (sulfide) groups is 1. The van der Waals surface area contributed by atoms with Gasteiger partial charge in [0.2, 0.25) is 11.7 Å². The number of anilines is 1. The summed E-state index contributed by atoms with van der Waals surface area (Å²) >= 11 is 13.3. The van der Waals surface area contributed by atoms with Crippen molar-refractivity contribution in [3.8, 4) is 11.6 Å². The van der Waals surface area contributed by atoms with Crippen LogP contribution < -0.4 is 5.32 Å². The summed E-state index contributed by atoms with van der Waals surface area (Å²) < 4.78 is 7.70. The number of carbonyl (C=O) groups excluding carboxylic acids is 1. The molecular formula is C20H15Cl2N5O4S. The van der Waals surface area contributed by atoms with Crippen LogP contribution in [0.15, 0.2) is 52.0 Å². The van der Waals surface area contributed by atoms with Crippen LogP contribution in [0.1, 0.15) is 6.92 Å². The smallest absolute Gasteiger partial charge is 0.271 e. The fraction of sp³-hybridized carbons (Fsp3) is 0.150. The van der Waals surface area contributed by atoms with Gasteiger partial charge in [-0.05, 0) is 37.3 Å². The number of nitro groups is 1. The molecule has 0 fully saturated rings. The summed E-state index contributed by atoms with van der Waals surface area (Å²) in [5, 5.41) is 24.1. The molecule has 0 saturated carbocycles. The lowest BCUT2D eigenvalue weighted by molar-refractivity contribution is -0.384. The molecule has 2 aromatic heterocycles. The molecule has 2 aromatic carbocycles. The second-order valence-electron chi connectivity index (χ2n) is 6.60. The Balaban J connectivity index is 1.49. The minimum atomic E-state index is -0.558. The lowest BCUT2D eigenvalue weighted by Crippen LogP contribution is -2.15. The lowest BCUT2D eigenvalue weighted by Gasteiger charge is -2.08. The Hall–Kier alpha value is -3.08. The predicted octanol–water partition coefficient (Wildman–Crippen LogP) is 5.66. The minimum absolute atomic E-state index is 0.00684. The summed E-state index contributed by atoms with van der Waals surface area (Å²) in [4.78, 5) is 22.8. The number of nitro benzene ring substituents is 1. The topological polar surface area (TPSA) is 116 Å². The number of halogens is 2. The zero-order valence-electron chi connectivity index (χ0n) is 16.5. The van der Waals surface area contributed by atoms with Crippen LogP contribution in [0.25, 0.3) is 22.6 Å². The maximum absolute atomic E-state index is 12.4. The zero-order valence-corrected chi connectivity index (χ0v) is 18.9. The van der Waals surface area contributed by atoms with Gasteiger partial charge in [0, 0.05) is 29.1 Å². The van der Waals surface area contributed by atoms with E-state index < -0.39 is 4.92 Å². The molecule has 0 aliphatic carbocycles. The zero-order chi connectivity index (χ0) is 22.8. The summed E-state index contributed by atoms with van der Waals surface area (Å²) in [6.07, 6.45) is 0. The number of nitrogens with zero attached hydrogens (tertiary/aromatic N) is 4. The van der Waals surface area contributed by atoms with Crippen molar-refractivity contribution in [2.75, 3.05) is 11.1 Å². The molecule has 1 N–H and O–H groups in total. The predicted molar refractivity (Wildman–Crippen MR) is 123 cm³/mol. The second-order valence-corrected chi connectivity index (χ2v) is 8.39. The van der Waals surface area contributed by atoms with Gasteiger partial charge in [0.05, 0.1) is 21.4 Å². The molecule has 2 heterocycles. The number of non-ortho nitro benzene ring substituents is 1. The first-order chi connectivity index (χ1) is 15.4. The van der Waals surface area contributed by atoms with Gasteiger partial charge >= 0.3 is 0 Å². The third-order valence-electron chi connectivity index (χ3n) is 4.50. The Kier molecular flexibility index (Phi) is 6.35. The molecule has 4 aromatic rings. The number of fused-ring (bicyclic) bond motifs is 1. The average Bonchev–Trinajstić information content (AvgIpc) is 3.36. The number of hydrogen-bond acceptors (Lipinski definition) is 7. The van der Waals surface area contributed by atoms with Crippen LogP contribution in [0.4, 0.5) is 11.4 Å². The number of carbonyl (C=O) groups is 1. The van der Waals surface area contributed by atoms with Gasteiger partial charge in [0.15, 0.2) is 10.9 Å². The van der Waals surface area contributed by atoms with E-state index in [4.69, 9.17) is 27.6 Å². The largest absolute Gasteiger partial charge is 0.453 e. The van der Waals surface area contributed by atoms with Crippen molar-refractivity contribution in [3.63, 3.8) is 0 Å². The number of aromatic nitrogens is 3. The van der Waals surface area contributed by atoms with E-state index in [-0.39, 0.29) is 28.1 Å². The van der Waals surface area contributed by atoms with Crippen molar-refractivity contribution in [2.24, 2.45) is 0 Å². The molecule has 1 amide bonds. The Morgan fingerprint density at radius 1 is 1.22 bits per heavy atom. The van der Waals surface area contributed by atoms with E-state index in [0.717, 1.165) is 5.39 Å². The maximum atomic E-state index is 12.4. The number of amides is 1. The fourth-order valence-electron chi connectivity index (χ4n) is 3.03. The number of rotatable bonds is 7. The van der Waals surface area contributed by atoms with Crippen LogP contribution in [0, 0.1) is 10.1 Å². The fourth-order valence-corrected chi connectivity index (χ4v) is 4.17. The standard InChI is InChI=1S/C20H15Cl2N5O4S/c1-2-26-19(17-8-11-7-12(21)3-6-16(11)31-17)24-25-20(26)32-10-18(28)23-15-9-13(27(29)30)4-5-14(15)22/h3-9H,2,10H2,1H3,(H,23,28). The van der Waals surface area contributed by atoms with Crippen LogP contribution in [0.5, 0.6) is 0 Å². The highest BCUT2D eigenvalue weighted by atomic mass is 35.5. The maximum Gasteiger partial charge on any atom is 0.271 e. The lowest BCUT2D eigenvalue weighted by atomic mass is 10.2. The van der Waals surface area contributed by atoms with Crippen molar-refractivity contribution in [3.05, 3.63) is 62.6 Å². The summed E-state index contributed by atoms with van der Waals surface area (Å²) in [5.41, 5.74) is 0.683. The molecule has 0 radical (unpaired) electrons. The van der Waals surface area contributed by atoms with Crippen molar-refractivity contribution in [1.29, 1.82) is 0 Å². The molecule has 0 saturated heterocycles. The van der Waals surface area contributed by atoms with Crippen LogP contribution >= 0.6 is 35.0 Å². The number of nitrogens with one attached hydrogen (secondary N) is 1. The van der Waals surface area contributed by atoms with E-state index in [2.05, 4.69) is 15.5 Å². The van der Waals surface area contributed by atoms with Crippen molar-refractivity contribution in [1.82, 2.24) is 14.8 Å². The van der Waals surface area contributed by atoms with Gasteiger partial charge in [0.1, 0.15) is 5.58 Å². The molecule has 0 aliphatic rings. The normalized spacial score (nSPS) is 11.1. The quantitative estimate of drug-likeness (QED) is 0.201. The Labute approximate surface area is 195 Å². The van der Waals surface area contributed by atoms with Gasteiger partial charge in [-0.2, -0.15) is 0 Å². The molecule has 32 heavy (non-hydrogen) atoms. The van der Waals surface area contributed by atoms with Crippen molar-refractivity contribution >= 4 is 63.2 Å². The Bertz CT molecular complexity index is 1340. The van der Waals surface area contributed by atoms with E-state index in [1.54, 1.807) is 18.2 Å². The van der Waals surface area contributed by atoms with Gasteiger partial charge in [-0.3, -0.25) is 19.5 Å². The monoisotopic (exact) mass is 491 g/mol. The van der Waals surface area contributed by atoms with E-state index >= 15 is 0 Å². The minimum Gasteiger partial charge on any atom is -0.453 e. The van der Waals surface area contributed by atoms with Gasteiger partial charge in [0.25, 0.3) is 5.69 Å². The molecule has 0 aliphatic heterocycles. The van der Waals surface area contributed by atoms with Crippen LogP contribution in [-0.4, -0.2) is 31.3 Å². The van der Waals surface area contributed by atoms with Crippen LogP contribution in [0.3, 0.4) is 0 Å². The van der Waals surface area contributed by atoms with Gasteiger partial charge in [-0.25, -0.2) is 0 Å². The van der Waals surface area contributed by atoms with E-state index in [0.29, 0.717) is 33.9 Å². The van der Waals surface area contributed by atoms with E-state index in [1.807, 2.05) is 17.6 Å². The highest BCUT2D eigenvalue weighted by molar-refractivity contribution is 7.99. The van der Waals surface area contributed by atoms with Gasteiger partial charge < -0.3 is 9.73 Å². The van der Waals surface area contributed by atoms with E-state index in [1.165, 1.54) is 30.0 Å². The molecule has 9 nitrogen and oxygen atoms in total. The summed E-state index contributed by atoms with van der Waals surface area (Å²) in [5.74, 6) is 0.691. The first-order valence-electron chi connectivity index (χ1n) is 9.35. The Morgan fingerprint density at radius 3 is 2.78 bits per heavy atom. The molecule has 0 unspecified atom stereocenters. The van der Waals surface area contributed by atoms with Crippen LogP contribution in [-0.2, 0) is 11.3 Å². The molecule has 0 atom stereocenters. The average molecular weight is 492 g/mol. The molecule has 164 valence electrons. The van der Waals surface area contributed by atoms with Crippen molar-refractivity contribution in [2.45, 2.75) is 18.6 Å². The summed E-state index contributed by atoms with van der Waals surface area (Å²) in [6, 6.07) is 11.0. The highest BCUT2D eigenvalue weighted by Gasteiger charge is 2.19.